The van der Waals surface area contributed by atoms with Crippen molar-refractivity contribution in [2.75, 3.05) is 11.9 Å². The minimum Gasteiger partial charge on any atom is -0.494 e. The van der Waals surface area contributed by atoms with Crippen molar-refractivity contribution >= 4 is 34.1 Å². The third-order valence-corrected chi connectivity index (χ3v) is 7.10. The molecule has 8 heteroatoms. The first-order chi connectivity index (χ1) is 15.6. The van der Waals surface area contributed by atoms with Crippen molar-refractivity contribution in [3.63, 3.8) is 0 Å². The number of anilines is 1. The number of carbonyl (C=O) groups excluding carboxylic acids is 1. The lowest BCUT2D eigenvalue weighted by molar-refractivity contribution is -0.115. The topological polar surface area (TPSA) is 87.9 Å². The number of ether oxygens (including phenoxy) is 1. The summed E-state index contributed by atoms with van der Waals surface area (Å²) in [4.78, 5) is 22.0. The molecule has 0 bridgehead atoms. The quantitative estimate of drug-likeness (QED) is 0.466. The summed E-state index contributed by atoms with van der Waals surface area (Å²) >= 11 is 2.71. The molecule has 1 aliphatic carbocycles. The molecule has 0 aliphatic heterocycles. The summed E-state index contributed by atoms with van der Waals surface area (Å²) in [6.45, 7) is 4.40. The van der Waals surface area contributed by atoms with Crippen LogP contribution in [-0.4, -0.2) is 27.7 Å². The largest absolute Gasteiger partial charge is 0.494 e. The molecule has 1 N–H and O–H groups in total. The first-order valence-corrected chi connectivity index (χ1v) is 12.4. The summed E-state index contributed by atoms with van der Waals surface area (Å²) in [7, 11) is 0. The average Bonchev–Trinajstić information content (AvgIpc) is 3.27. The monoisotopic (exact) mass is 464 g/mol. The standard InChI is InChI=1S/C24H24N4O2S2/c1-3-30-19-10-8-16(9-11-19)21-14-31-24(27-21)28-22(29)15(2)32-23-18(13-25)12-17-6-4-5-7-20(17)26-23/h8-12,14-15H,3-7H2,1-2H3,(H,27,28,29). The van der Waals surface area contributed by atoms with Gasteiger partial charge in [-0.1, -0.05) is 11.8 Å². The lowest BCUT2D eigenvalue weighted by Crippen LogP contribution is -2.22. The molecule has 0 fully saturated rings. The molecule has 4 rings (SSSR count). The van der Waals surface area contributed by atoms with Crippen molar-refractivity contribution in [1.82, 2.24) is 9.97 Å². The first-order valence-electron chi connectivity index (χ1n) is 10.7. The number of rotatable bonds is 7. The number of nitrogens with zero attached hydrogens (tertiary/aromatic N) is 3. The molecule has 2 heterocycles. The third kappa shape index (κ3) is 5.12. The lowest BCUT2D eigenvalue weighted by Gasteiger charge is -2.17. The normalized spacial score (nSPS) is 13.7. The molecule has 1 aliphatic rings. The van der Waals surface area contributed by atoms with Gasteiger partial charge in [0, 0.05) is 16.6 Å². The summed E-state index contributed by atoms with van der Waals surface area (Å²) in [6, 6.07) is 11.9. The van der Waals surface area contributed by atoms with Crippen molar-refractivity contribution in [3.8, 4) is 23.1 Å². The molecule has 0 spiro atoms. The van der Waals surface area contributed by atoms with Crippen molar-refractivity contribution < 1.29 is 9.53 Å². The van der Waals surface area contributed by atoms with E-state index >= 15 is 0 Å². The lowest BCUT2D eigenvalue weighted by atomic mass is 9.95. The van der Waals surface area contributed by atoms with Gasteiger partial charge in [0.2, 0.25) is 5.91 Å². The number of benzene rings is 1. The van der Waals surface area contributed by atoms with Crippen LogP contribution in [0.3, 0.4) is 0 Å². The van der Waals surface area contributed by atoms with Gasteiger partial charge < -0.3 is 10.1 Å². The van der Waals surface area contributed by atoms with Crippen molar-refractivity contribution in [3.05, 3.63) is 52.5 Å². The molecule has 0 saturated carbocycles. The van der Waals surface area contributed by atoms with Gasteiger partial charge in [-0.3, -0.25) is 4.79 Å². The number of thiazole rings is 1. The van der Waals surface area contributed by atoms with Gasteiger partial charge in [0.25, 0.3) is 0 Å². The maximum Gasteiger partial charge on any atom is 0.239 e. The van der Waals surface area contributed by atoms with Crippen LogP contribution in [-0.2, 0) is 17.6 Å². The number of aryl methyl sites for hydroxylation is 2. The highest BCUT2D eigenvalue weighted by molar-refractivity contribution is 8.00. The van der Waals surface area contributed by atoms with Crippen LogP contribution in [0.25, 0.3) is 11.3 Å². The molecule has 1 aromatic carbocycles. The van der Waals surface area contributed by atoms with Crippen LogP contribution < -0.4 is 10.1 Å². The third-order valence-electron chi connectivity index (χ3n) is 5.24. The number of amides is 1. The van der Waals surface area contributed by atoms with Gasteiger partial charge >= 0.3 is 0 Å². The summed E-state index contributed by atoms with van der Waals surface area (Å²) in [6.07, 6.45) is 4.16. The smallest absolute Gasteiger partial charge is 0.239 e. The molecule has 1 unspecified atom stereocenters. The van der Waals surface area contributed by atoms with Gasteiger partial charge in [0.15, 0.2) is 5.13 Å². The van der Waals surface area contributed by atoms with Crippen LogP contribution in [0, 0.1) is 11.3 Å². The van der Waals surface area contributed by atoms with E-state index in [1.807, 2.05) is 49.6 Å². The Bertz CT molecular complexity index is 1150. The number of carbonyl (C=O) groups is 1. The van der Waals surface area contributed by atoms with E-state index in [1.165, 1.54) is 28.7 Å². The van der Waals surface area contributed by atoms with E-state index in [0.29, 0.717) is 22.3 Å². The Morgan fingerprint density at radius 1 is 1.28 bits per heavy atom. The summed E-state index contributed by atoms with van der Waals surface area (Å²) in [5.74, 6) is 0.657. The number of hydrogen-bond acceptors (Lipinski definition) is 7. The molecule has 0 saturated heterocycles. The fraction of sp³-hybridized carbons (Fsp3) is 0.333. The summed E-state index contributed by atoms with van der Waals surface area (Å²) in [5, 5.41) is 15.1. The molecule has 3 aromatic rings. The second kappa shape index (κ2) is 10.2. The number of hydrogen-bond donors (Lipinski definition) is 1. The Hall–Kier alpha value is -2.89. The zero-order valence-electron chi connectivity index (χ0n) is 18.1. The Balaban J connectivity index is 1.42. The molecule has 1 atom stereocenters. The van der Waals surface area contributed by atoms with Crippen LogP contribution in [0.2, 0.25) is 0 Å². The zero-order valence-corrected chi connectivity index (χ0v) is 19.7. The Labute approximate surface area is 196 Å². The maximum absolute atomic E-state index is 12.8. The Morgan fingerprint density at radius 2 is 2.06 bits per heavy atom. The van der Waals surface area contributed by atoms with Crippen molar-refractivity contribution in [1.29, 1.82) is 5.26 Å². The van der Waals surface area contributed by atoms with Gasteiger partial charge in [-0.15, -0.1) is 11.3 Å². The molecular formula is C24H24N4O2S2. The Morgan fingerprint density at radius 3 is 2.81 bits per heavy atom. The minimum atomic E-state index is -0.408. The van der Waals surface area contributed by atoms with Crippen molar-refractivity contribution in [2.45, 2.75) is 49.8 Å². The van der Waals surface area contributed by atoms with E-state index in [9.17, 15) is 10.1 Å². The van der Waals surface area contributed by atoms with Gasteiger partial charge in [-0.25, -0.2) is 9.97 Å². The van der Waals surface area contributed by atoms with Gasteiger partial charge in [0.05, 0.1) is 23.1 Å². The number of aromatic nitrogens is 2. The molecule has 1 amide bonds. The van der Waals surface area contributed by atoms with Gasteiger partial charge in [-0.2, -0.15) is 5.26 Å². The number of pyridine rings is 1. The van der Waals surface area contributed by atoms with E-state index < -0.39 is 5.25 Å². The van der Waals surface area contributed by atoms with E-state index in [1.54, 1.807) is 0 Å². The molecule has 164 valence electrons. The predicted octanol–water partition coefficient (Wildman–Crippen LogP) is 5.47. The van der Waals surface area contributed by atoms with Crippen LogP contribution >= 0.6 is 23.1 Å². The highest BCUT2D eigenvalue weighted by atomic mass is 32.2. The summed E-state index contributed by atoms with van der Waals surface area (Å²) < 4.78 is 5.47. The highest BCUT2D eigenvalue weighted by Gasteiger charge is 2.21. The van der Waals surface area contributed by atoms with Crippen LogP contribution in [0.5, 0.6) is 5.75 Å². The fourth-order valence-electron chi connectivity index (χ4n) is 3.56. The molecule has 32 heavy (non-hydrogen) atoms. The van der Waals surface area contributed by atoms with E-state index in [4.69, 9.17) is 9.72 Å². The van der Waals surface area contributed by atoms with Crippen LogP contribution in [0.15, 0.2) is 40.7 Å². The van der Waals surface area contributed by atoms with E-state index in [0.717, 1.165) is 48.4 Å². The highest BCUT2D eigenvalue weighted by Crippen LogP contribution is 2.31. The number of nitriles is 1. The second-order valence-electron chi connectivity index (χ2n) is 7.51. The molecule has 6 nitrogen and oxygen atoms in total. The zero-order chi connectivity index (χ0) is 22.5. The number of thioether (sulfide) groups is 1. The molecule has 0 radical (unpaired) electrons. The fourth-order valence-corrected chi connectivity index (χ4v) is 5.18. The Kier molecular flexibility index (Phi) is 7.08. The molecule has 2 aromatic heterocycles. The van der Waals surface area contributed by atoms with Gasteiger partial charge in [-0.05, 0) is 75.4 Å². The van der Waals surface area contributed by atoms with E-state index in [2.05, 4.69) is 16.4 Å². The van der Waals surface area contributed by atoms with E-state index in [-0.39, 0.29) is 5.91 Å². The maximum atomic E-state index is 12.8. The van der Waals surface area contributed by atoms with Gasteiger partial charge in [0.1, 0.15) is 16.8 Å². The minimum absolute atomic E-state index is 0.161. The first kappa shape index (κ1) is 22.3. The predicted molar refractivity (Wildman–Crippen MR) is 128 cm³/mol. The van der Waals surface area contributed by atoms with Crippen LogP contribution in [0.4, 0.5) is 5.13 Å². The van der Waals surface area contributed by atoms with Crippen LogP contribution in [0.1, 0.15) is 43.5 Å². The molecular weight excluding hydrogens is 440 g/mol. The number of nitrogens with one attached hydrogen (secondary N) is 1. The second-order valence-corrected chi connectivity index (χ2v) is 9.70. The number of fused-ring (bicyclic) bond motifs is 1. The SMILES string of the molecule is CCOc1ccc(-c2csc(NC(=O)C(C)Sc3nc4c(cc3C#N)CCCC4)n2)cc1. The summed E-state index contributed by atoms with van der Waals surface area (Å²) in [5.41, 5.74) is 4.53. The van der Waals surface area contributed by atoms with Crippen molar-refractivity contribution in [2.24, 2.45) is 0 Å². The average molecular weight is 465 g/mol.